The second-order valence-corrected chi connectivity index (χ2v) is 4.81. The lowest BCUT2D eigenvalue weighted by molar-refractivity contribution is 0.0536. The third-order valence-corrected chi connectivity index (χ3v) is 1.99. The third kappa shape index (κ3) is 4.88. The first-order valence-electron chi connectivity index (χ1n) is 5.69. The summed E-state index contributed by atoms with van der Waals surface area (Å²) in [4.78, 5) is 18.4. The van der Waals surface area contributed by atoms with Gasteiger partial charge in [0.2, 0.25) is 0 Å². The standard InChI is InChI=1S/C11H17N5O2/c1-11(2,3)18-10(17)16-7-9(13-8-16)5-4-6-14-15-12/h7-8H,4-6H2,1-3H3. The number of carbonyl (C=O) groups is 1. The maximum Gasteiger partial charge on any atom is 0.419 e. The summed E-state index contributed by atoms with van der Waals surface area (Å²) in [5, 5.41) is 3.43. The van der Waals surface area contributed by atoms with Crippen molar-refractivity contribution in [2.24, 2.45) is 5.11 Å². The molecule has 0 atom stereocenters. The minimum Gasteiger partial charge on any atom is -0.443 e. The van der Waals surface area contributed by atoms with Gasteiger partial charge in [-0.25, -0.2) is 14.3 Å². The zero-order chi connectivity index (χ0) is 13.6. The maximum atomic E-state index is 11.7. The second kappa shape index (κ2) is 6.07. The van der Waals surface area contributed by atoms with Crippen LogP contribution in [0.4, 0.5) is 4.79 Å². The monoisotopic (exact) mass is 251 g/mol. The van der Waals surface area contributed by atoms with Gasteiger partial charge in [0.1, 0.15) is 11.9 Å². The van der Waals surface area contributed by atoms with Crippen LogP contribution < -0.4 is 0 Å². The largest absolute Gasteiger partial charge is 0.443 e. The first kappa shape index (κ1) is 14.1. The Hall–Kier alpha value is -2.01. The van der Waals surface area contributed by atoms with Gasteiger partial charge in [-0.2, -0.15) is 0 Å². The Labute approximate surface area is 105 Å². The predicted octanol–water partition coefficient (Wildman–Crippen LogP) is 2.91. The van der Waals surface area contributed by atoms with Crippen molar-refractivity contribution >= 4 is 6.09 Å². The Morgan fingerprint density at radius 3 is 2.94 bits per heavy atom. The van der Waals surface area contributed by atoms with Crippen LogP contribution >= 0.6 is 0 Å². The van der Waals surface area contributed by atoms with Gasteiger partial charge in [-0.1, -0.05) is 5.11 Å². The summed E-state index contributed by atoms with van der Waals surface area (Å²) in [6, 6.07) is 0. The molecule has 0 saturated heterocycles. The van der Waals surface area contributed by atoms with Crippen molar-refractivity contribution in [2.45, 2.75) is 39.2 Å². The Morgan fingerprint density at radius 1 is 1.61 bits per heavy atom. The SMILES string of the molecule is CC(C)(C)OC(=O)n1cnc(CCCN=[N+]=[N-])c1. The van der Waals surface area contributed by atoms with Crippen molar-refractivity contribution in [3.05, 3.63) is 28.7 Å². The fourth-order valence-electron chi connectivity index (χ4n) is 1.28. The van der Waals surface area contributed by atoms with Crippen molar-refractivity contribution in [1.82, 2.24) is 9.55 Å². The molecular formula is C11H17N5O2. The zero-order valence-electron chi connectivity index (χ0n) is 10.8. The molecular weight excluding hydrogens is 234 g/mol. The highest BCUT2D eigenvalue weighted by molar-refractivity contribution is 5.70. The summed E-state index contributed by atoms with van der Waals surface area (Å²) in [5.74, 6) is 0. The molecule has 18 heavy (non-hydrogen) atoms. The first-order valence-corrected chi connectivity index (χ1v) is 5.69. The van der Waals surface area contributed by atoms with Crippen LogP contribution in [0.5, 0.6) is 0 Å². The number of aryl methyl sites for hydroxylation is 1. The smallest absolute Gasteiger partial charge is 0.419 e. The van der Waals surface area contributed by atoms with Gasteiger partial charge >= 0.3 is 6.09 Å². The molecule has 1 aromatic rings. The summed E-state index contributed by atoms with van der Waals surface area (Å²) in [6.07, 6.45) is 3.97. The summed E-state index contributed by atoms with van der Waals surface area (Å²) in [7, 11) is 0. The van der Waals surface area contributed by atoms with Crippen LogP contribution in [-0.4, -0.2) is 27.8 Å². The molecule has 0 aliphatic carbocycles. The molecule has 1 rings (SSSR count). The minimum atomic E-state index is -0.525. The zero-order valence-corrected chi connectivity index (χ0v) is 10.8. The molecule has 0 bridgehead atoms. The van der Waals surface area contributed by atoms with Gasteiger partial charge < -0.3 is 4.74 Å². The molecule has 0 N–H and O–H groups in total. The van der Waals surface area contributed by atoms with E-state index in [1.807, 2.05) is 20.8 Å². The van der Waals surface area contributed by atoms with Gasteiger partial charge in [0, 0.05) is 17.7 Å². The molecule has 0 spiro atoms. The number of nitrogens with zero attached hydrogens (tertiary/aromatic N) is 5. The first-order chi connectivity index (χ1) is 8.42. The number of ether oxygens (including phenoxy) is 1. The molecule has 0 aromatic carbocycles. The molecule has 98 valence electrons. The summed E-state index contributed by atoms with van der Waals surface area (Å²) in [5.41, 5.74) is 8.37. The van der Waals surface area contributed by atoms with Crippen LogP contribution in [0.1, 0.15) is 32.9 Å². The van der Waals surface area contributed by atoms with Crippen LogP contribution in [0.15, 0.2) is 17.6 Å². The Bertz CT molecular complexity index is 454. The molecule has 0 amide bonds. The van der Waals surface area contributed by atoms with Gasteiger partial charge in [-0.05, 0) is 39.1 Å². The van der Waals surface area contributed by atoms with Crippen LogP contribution in [-0.2, 0) is 11.2 Å². The van der Waals surface area contributed by atoms with Gasteiger partial charge in [0.05, 0.1) is 5.69 Å². The molecule has 0 fully saturated rings. The van der Waals surface area contributed by atoms with E-state index in [0.717, 1.165) is 5.69 Å². The van der Waals surface area contributed by atoms with E-state index in [-0.39, 0.29) is 0 Å². The second-order valence-electron chi connectivity index (χ2n) is 4.81. The minimum absolute atomic E-state index is 0.426. The molecule has 0 radical (unpaired) electrons. The number of imidazole rings is 1. The number of azide groups is 1. The Morgan fingerprint density at radius 2 is 2.33 bits per heavy atom. The maximum absolute atomic E-state index is 11.7. The highest BCUT2D eigenvalue weighted by Crippen LogP contribution is 2.09. The molecule has 1 aromatic heterocycles. The molecule has 7 heteroatoms. The van der Waals surface area contributed by atoms with E-state index < -0.39 is 11.7 Å². The fraction of sp³-hybridized carbons (Fsp3) is 0.636. The van der Waals surface area contributed by atoms with E-state index in [9.17, 15) is 4.79 Å². The van der Waals surface area contributed by atoms with Crippen molar-refractivity contribution in [3.63, 3.8) is 0 Å². The quantitative estimate of drug-likeness (QED) is 0.356. The molecule has 0 aliphatic rings. The summed E-state index contributed by atoms with van der Waals surface area (Å²) >= 11 is 0. The van der Waals surface area contributed by atoms with Gasteiger partial charge in [-0.15, -0.1) is 0 Å². The fourth-order valence-corrected chi connectivity index (χ4v) is 1.28. The number of hydrogen-bond acceptors (Lipinski definition) is 4. The normalized spacial score (nSPS) is 10.8. The van der Waals surface area contributed by atoms with Crippen molar-refractivity contribution in [1.29, 1.82) is 0 Å². The van der Waals surface area contributed by atoms with E-state index in [0.29, 0.717) is 19.4 Å². The number of carbonyl (C=O) groups excluding carboxylic acids is 1. The Kier molecular flexibility index (Phi) is 4.74. The van der Waals surface area contributed by atoms with Gasteiger partial charge in [0.15, 0.2) is 0 Å². The third-order valence-electron chi connectivity index (χ3n) is 1.99. The molecule has 0 saturated carbocycles. The Balaban J connectivity index is 2.52. The van der Waals surface area contributed by atoms with Crippen LogP contribution in [0.2, 0.25) is 0 Å². The van der Waals surface area contributed by atoms with Gasteiger partial charge in [-0.3, -0.25) is 0 Å². The van der Waals surface area contributed by atoms with E-state index >= 15 is 0 Å². The highest BCUT2D eigenvalue weighted by atomic mass is 16.6. The molecule has 0 aliphatic heterocycles. The lowest BCUT2D eigenvalue weighted by Gasteiger charge is -2.19. The van der Waals surface area contributed by atoms with Crippen LogP contribution in [0.25, 0.3) is 10.4 Å². The van der Waals surface area contributed by atoms with Crippen LogP contribution in [0.3, 0.4) is 0 Å². The number of aromatic nitrogens is 2. The molecule has 7 nitrogen and oxygen atoms in total. The lowest BCUT2D eigenvalue weighted by Crippen LogP contribution is -2.26. The number of rotatable bonds is 4. The summed E-state index contributed by atoms with van der Waals surface area (Å²) < 4.78 is 6.51. The van der Waals surface area contributed by atoms with E-state index in [1.165, 1.54) is 10.9 Å². The van der Waals surface area contributed by atoms with Crippen LogP contribution in [0, 0.1) is 0 Å². The van der Waals surface area contributed by atoms with Crippen molar-refractivity contribution in [3.8, 4) is 0 Å². The average molecular weight is 251 g/mol. The molecule has 1 heterocycles. The summed E-state index contributed by atoms with van der Waals surface area (Å²) in [6.45, 7) is 5.85. The average Bonchev–Trinajstić information content (AvgIpc) is 2.71. The number of hydrogen-bond donors (Lipinski definition) is 0. The lowest BCUT2D eigenvalue weighted by atomic mass is 10.2. The highest BCUT2D eigenvalue weighted by Gasteiger charge is 2.17. The van der Waals surface area contributed by atoms with Gasteiger partial charge in [0.25, 0.3) is 0 Å². The predicted molar refractivity (Wildman–Crippen MR) is 66.2 cm³/mol. The van der Waals surface area contributed by atoms with E-state index in [1.54, 1.807) is 6.20 Å². The van der Waals surface area contributed by atoms with Crippen molar-refractivity contribution < 1.29 is 9.53 Å². The van der Waals surface area contributed by atoms with E-state index in [4.69, 9.17) is 10.3 Å². The van der Waals surface area contributed by atoms with E-state index in [2.05, 4.69) is 15.0 Å². The topological polar surface area (TPSA) is 92.9 Å². The molecule has 0 unspecified atom stereocenters. The van der Waals surface area contributed by atoms with Crippen molar-refractivity contribution in [2.75, 3.05) is 6.54 Å².